The number of nitrogen functional groups attached to an aromatic ring is 1. The summed E-state index contributed by atoms with van der Waals surface area (Å²) in [6.07, 6.45) is 2.88. The van der Waals surface area contributed by atoms with Crippen molar-refractivity contribution in [2.45, 2.75) is 19.6 Å². The van der Waals surface area contributed by atoms with Crippen LogP contribution in [-0.4, -0.2) is 30.2 Å². The Morgan fingerprint density at radius 1 is 1.31 bits per heavy atom. The molecule has 0 aromatic carbocycles. The molecule has 4 nitrogen and oxygen atoms in total. The van der Waals surface area contributed by atoms with Gasteiger partial charge in [0.15, 0.2) is 0 Å². The van der Waals surface area contributed by atoms with Crippen LogP contribution in [0.5, 0.6) is 0 Å². The van der Waals surface area contributed by atoms with E-state index in [1.54, 1.807) is 0 Å². The Labute approximate surface area is 96.7 Å². The first kappa shape index (κ1) is 12.8. The standard InChI is InChI=1S/C10H15BN2O2Si/c1-16(2,3)5-4-8-6-13-7-9(12)10(8)11(14)15/h6-7,14-15H,12H2,1-3H3. The maximum absolute atomic E-state index is 9.21. The van der Waals surface area contributed by atoms with E-state index in [0.717, 1.165) is 0 Å². The van der Waals surface area contributed by atoms with Gasteiger partial charge in [0.05, 0.1) is 5.69 Å². The molecule has 4 N–H and O–H groups in total. The van der Waals surface area contributed by atoms with Crippen LogP contribution in [0.3, 0.4) is 0 Å². The van der Waals surface area contributed by atoms with Gasteiger partial charge in [0.2, 0.25) is 0 Å². The van der Waals surface area contributed by atoms with Crippen molar-refractivity contribution in [3.8, 4) is 11.5 Å². The zero-order valence-corrected chi connectivity index (χ0v) is 10.7. The van der Waals surface area contributed by atoms with Crippen molar-refractivity contribution < 1.29 is 10.0 Å². The molecule has 0 fully saturated rings. The van der Waals surface area contributed by atoms with Gasteiger partial charge in [-0.2, -0.15) is 0 Å². The van der Waals surface area contributed by atoms with E-state index in [2.05, 4.69) is 36.1 Å². The highest BCUT2D eigenvalue weighted by Crippen LogP contribution is 2.03. The topological polar surface area (TPSA) is 79.4 Å². The number of hydrogen-bond donors (Lipinski definition) is 3. The van der Waals surface area contributed by atoms with Gasteiger partial charge < -0.3 is 15.8 Å². The normalized spacial score (nSPS) is 10.6. The van der Waals surface area contributed by atoms with Crippen LogP contribution in [-0.2, 0) is 0 Å². The average molecular weight is 234 g/mol. The minimum atomic E-state index is -1.62. The Bertz CT molecular complexity index is 446. The molecular formula is C10H15BN2O2Si. The number of anilines is 1. The van der Waals surface area contributed by atoms with Crippen LogP contribution in [0.4, 0.5) is 5.69 Å². The van der Waals surface area contributed by atoms with Crippen LogP contribution in [0.15, 0.2) is 12.4 Å². The Morgan fingerprint density at radius 3 is 2.44 bits per heavy atom. The molecule has 1 rings (SSSR count). The summed E-state index contributed by atoms with van der Waals surface area (Å²) < 4.78 is 0. The first-order valence-electron chi connectivity index (χ1n) is 4.94. The number of nitrogens with two attached hydrogens (primary N) is 1. The van der Waals surface area contributed by atoms with E-state index in [1.807, 2.05) is 0 Å². The third-order valence-electron chi connectivity index (χ3n) is 1.85. The monoisotopic (exact) mass is 234 g/mol. The first-order chi connectivity index (χ1) is 7.31. The zero-order chi connectivity index (χ0) is 12.3. The lowest BCUT2D eigenvalue weighted by molar-refractivity contribution is 0.426. The number of nitrogens with zero attached hydrogens (tertiary/aromatic N) is 1. The third kappa shape index (κ3) is 3.38. The van der Waals surface area contributed by atoms with Crippen molar-refractivity contribution in [2.75, 3.05) is 5.73 Å². The molecule has 0 aliphatic rings. The maximum atomic E-state index is 9.21. The van der Waals surface area contributed by atoms with Crippen molar-refractivity contribution in [3.63, 3.8) is 0 Å². The van der Waals surface area contributed by atoms with Crippen LogP contribution in [0, 0.1) is 11.5 Å². The predicted molar refractivity (Wildman–Crippen MR) is 68.7 cm³/mol. The molecule has 1 aromatic rings. The second kappa shape index (κ2) is 4.70. The Morgan fingerprint density at radius 2 is 1.94 bits per heavy atom. The summed E-state index contributed by atoms with van der Waals surface area (Å²) in [5.74, 6) is 2.92. The maximum Gasteiger partial charge on any atom is 0.491 e. The molecule has 0 radical (unpaired) electrons. The van der Waals surface area contributed by atoms with Crippen LogP contribution in [0.2, 0.25) is 19.6 Å². The summed E-state index contributed by atoms with van der Waals surface area (Å²) >= 11 is 0. The molecule has 0 amide bonds. The smallest absolute Gasteiger partial charge is 0.423 e. The molecule has 16 heavy (non-hydrogen) atoms. The number of hydrogen-bond acceptors (Lipinski definition) is 4. The largest absolute Gasteiger partial charge is 0.491 e. The molecule has 0 atom stereocenters. The molecule has 0 bridgehead atoms. The summed E-state index contributed by atoms with van der Waals surface area (Å²) in [6.45, 7) is 6.32. The fourth-order valence-electron chi connectivity index (χ4n) is 1.13. The second-order valence-electron chi connectivity index (χ2n) is 4.56. The molecule has 6 heteroatoms. The van der Waals surface area contributed by atoms with Crippen LogP contribution < -0.4 is 11.2 Å². The quantitative estimate of drug-likeness (QED) is 0.455. The van der Waals surface area contributed by atoms with E-state index in [1.165, 1.54) is 12.4 Å². The highest BCUT2D eigenvalue weighted by atomic mass is 28.3. The van der Waals surface area contributed by atoms with E-state index in [-0.39, 0.29) is 11.2 Å². The van der Waals surface area contributed by atoms with Gasteiger partial charge in [0.25, 0.3) is 0 Å². The molecule has 0 spiro atoms. The Kier molecular flexibility index (Phi) is 3.75. The summed E-state index contributed by atoms with van der Waals surface area (Å²) in [5, 5.41) is 18.4. The lowest BCUT2D eigenvalue weighted by atomic mass is 9.77. The average Bonchev–Trinajstić information content (AvgIpc) is 2.12. The van der Waals surface area contributed by atoms with Crippen molar-refractivity contribution >= 4 is 26.3 Å². The second-order valence-corrected chi connectivity index (χ2v) is 9.31. The highest BCUT2D eigenvalue weighted by Gasteiger charge is 2.19. The molecule has 1 aromatic heterocycles. The molecule has 84 valence electrons. The van der Waals surface area contributed by atoms with Crippen molar-refractivity contribution in [3.05, 3.63) is 18.0 Å². The van der Waals surface area contributed by atoms with Crippen LogP contribution in [0.1, 0.15) is 5.56 Å². The van der Waals surface area contributed by atoms with Crippen LogP contribution >= 0.6 is 0 Å². The lowest BCUT2D eigenvalue weighted by Crippen LogP contribution is -2.35. The van der Waals surface area contributed by atoms with Crippen molar-refractivity contribution in [1.82, 2.24) is 4.98 Å². The van der Waals surface area contributed by atoms with Crippen LogP contribution in [0.25, 0.3) is 0 Å². The van der Waals surface area contributed by atoms with Gasteiger partial charge in [-0.05, 0) is 0 Å². The molecule has 0 aliphatic heterocycles. The Balaban J connectivity index is 3.23. The van der Waals surface area contributed by atoms with Gasteiger partial charge in [-0.1, -0.05) is 25.6 Å². The van der Waals surface area contributed by atoms with Gasteiger partial charge in [-0.15, -0.1) is 5.54 Å². The van der Waals surface area contributed by atoms with Crippen molar-refractivity contribution in [2.24, 2.45) is 0 Å². The summed E-state index contributed by atoms with van der Waals surface area (Å²) in [6, 6.07) is 0. The van der Waals surface area contributed by atoms with Gasteiger partial charge in [0, 0.05) is 23.4 Å². The molecular weight excluding hydrogens is 219 g/mol. The first-order valence-corrected chi connectivity index (χ1v) is 8.44. The summed E-state index contributed by atoms with van der Waals surface area (Å²) in [7, 11) is -3.12. The lowest BCUT2D eigenvalue weighted by Gasteiger charge is -2.07. The third-order valence-corrected chi connectivity index (χ3v) is 2.72. The molecule has 0 saturated carbocycles. The summed E-state index contributed by atoms with van der Waals surface area (Å²) in [5.41, 5.74) is 9.72. The number of aromatic nitrogens is 1. The molecule has 0 saturated heterocycles. The molecule has 0 aliphatic carbocycles. The van der Waals surface area contributed by atoms with E-state index in [9.17, 15) is 10.0 Å². The number of pyridine rings is 1. The fraction of sp³-hybridized carbons (Fsp3) is 0.300. The van der Waals surface area contributed by atoms with Crippen molar-refractivity contribution in [1.29, 1.82) is 0 Å². The Hall–Kier alpha value is -1.29. The predicted octanol–water partition coefficient (Wildman–Crippen LogP) is -0.427. The van der Waals surface area contributed by atoms with Gasteiger partial charge in [0.1, 0.15) is 8.07 Å². The van der Waals surface area contributed by atoms with E-state index in [0.29, 0.717) is 5.56 Å². The van der Waals surface area contributed by atoms with Gasteiger partial charge in [-0.25, -0.2) is 0 Å². The molecule has 0 unspecified atom stereocenters. The molecule has 1 heterocycles. The van der Waals surface area contributed by atoms with E-state index in [4.69, 9.17) is 5.73 Å². The minimum absolute atomic E-state index is 0.237. The SMILES string of the molecule is C[Si](C)(C)C#Cc1cncc(N)c1B(O)O. The van der Waals surface area contributed by atoms with E-state index < -0.39 is 15.2 Å². The van der Waals surface area contributed by atoms with Gasteiger partial charge in [-0.3, -0.25) is 4.98 Å². The fourth-order valence-corrected chi connectivity index (χ4v) is 1.64. The zero-order valence-electron chi connectivity index (χ0n) is 9.65. The van der Waals surface area contributed by atoms with Gasteiger partial charge >= 0.3 is 7.12 Å². The highest BCUT2D eigenvalue weighted by molar-refractivity contribution is 6.84. The van der Waals surface area contributed by atoms with E-state index >= 15 is 0 Å². The minimum Gasteiger partial charge on any atom is -0.423 e. The summed E-state index contributed by atoms with van der Waals surface area (Å²) in [4.78, 5) is 3.89. The number of rotatable bonds is 1.